The Hall–Kier alpha value is -1.49. The minimum atomic E-state index is -1.44. The van der Waals surface area contributed by atoms with Crippen LogP contribution < -0.4 is 0 Å². The third-order valence-electron chi connectivity index (χ3n) is 2.75. The average Bonchev–Trinajstić information content (AvgIpc) is 2.39. The molecule has 0 bridgehead atoms. The van der Waals surface area contributed by atoms with E-state index in [1.165, 1.54) is 13.8 Å². The number of Topliss-reactive ketones (excluding diaryl/α,β-unsaturated/α-hetero) is 1. The van der Waals surface area contributed by atoms with E-state index in [0.717, 1.165) is 0 Å². The zero-order chi connectivity index (χ0) is 14.5. The second kappa shape index (κ2) is 6.61. The molecule has 0 spiro atoms. The Kier molecular flexibility index (Phi) is 5.42. The molecule has 0 aliphatic carbocycles. The summed E-state index contributed by atoms with van der Waals surface area (Å²) in [6.45, 7) is 4.89. The maximum absolute atomic E-state index is 12.1. The summed E-state index contributed by atoms with van der Waals surface area (Å²) in [6.07, 6.45) is 0. The fraction of sp³-hybridized carbons (Fsp3) is 0.429. The van der Waals surface area contributed by atoms with Crippen molar-refractivity contribution in [3.8, 4) is 0 Å². The van der Waals surface area contributed by atoms with Crippen molar-refractivity contribution in [1.82, 2.24) is 0 Å². The number of ether oxygens (including phenoxy) is 1. The average molecular weight is 282 g/mol. The maximum atomic E-state index is 12.1. The van der Waals surface area contributed by atoms with Crippen LogP contribution in [0.5, 0.6) is 0 Å². The molecule has 4 nitrogen and oxygen atoms in total. The van der Waals surface area contributed by atoms with Gasteiger partial charge in [0.15, 0.2) is 5.78 Å². The van der Waals surface area contributed by atoms with Crippen LogP contribution in [0.4, 0.5) is 0 Å². The summed E-state index contributed by atoms with van der Waals surface area (Å²) in [5, 5.41) is 0. The van der Waals surface area contributed by atoms with E-state index in [2.05, 4.69) is 0 Å². The molecule has 5 heteroatoms. The molecule has 1 aromatic rings. The molecule has 0 saturated heterocycles. The Labute approximate surface area is 115 Å². The fourth-order valence-electron chi connectivity index (χ4n) is 1.38. The third kappa shape index (κ3) is 3.99. The molecular weight excluding hydrogens is 264 g/mol. The Morgan fingerprint density at radius 3 is 2.32 bits per heavy atom. The highest BCUT2D eigenvalue weighted by Gasteiger charge is 2.37. The number of carbonyl (C=O) groups is 2. The highest BCUT2D eigenvalue weighted by molar-refractivity contribution is 7.85. The fourth-order valence-corrected chi connectivity index (χ4v) is 2.61. The summed E-state index contributed by atoms with van der Waals surface area (Å²) in [5.41, 5.74) is -1.26. The number of ketones is 1. The highest BCUT2D eigenvalue weighted by atomic mass is 32.2. The van der Waals surface area contributed by atoms with Gasteiger partial charge in [-0.2, -0.15) is 0 Å². The molecule has 0 saturated carbocycles. The maximum Gasteiger partial charge on any atom is 0.319 e. The van der Waals surface area contributed by atoms with Gasteiger partial charge < -0.3 is 4.74 Å². The summed E-state index contributed by atoms with van der Waals surface area (Å²) < 4.78 is 16.9. The summed E-state index contributed by atoms with van der Waals surface area (Å²) in [4.78, 5) is 24.3. The Balaban J connectivity index is 2.74. The third-order valence-corrected chi connectivity index (χ3v) is 4.07. The largest absolute Gasteiger partial charge is 0.465 e. The molecule has 0 aliphatic heterocycles. The molecule has 104 valence electrons. The molecule has 1 atom stereocenters. The number of hydrogen-bond acceptors (Lipinski definition) is 4. The minimum absolute atomic E-state index is 0.185. The first kappa shape index (κ1) is 15.6. The van der Waals surface area contributed by atoms with Gasteiger partial charge in [0.25, 0.3) is 0 Å². The summed E-state index contributed by atoms with van der Waals surface area (Å²) in [5.74, 6) is -1.14. The lowest BCUT2D eigenvalue weighted by atomic mass is 9.89. The van der Waals surface area contributed by atoms with Crippen molar-refractivity contribution in [2.24, 2.45) is 5.41 Å². The van der Waals surface area contributed by atoms with Crippen LogP contribution in [0.25, 0.3) is 0 Å². The Morgan fingerprint density at radius 2 is 1.79 bits per heavy atom. The predicted molar refractivity (Wildman–Crippen MR) is 73.1 cm³/mol. The highest BCUT2D eigenvalue weighted by Crippen LogP contribution is 2.20. The Bertz CT molecular complexity index is 479. The van der Waals surface area contributed by atoms with E-state index in [-0.39, 0.29) is 18.1 Å². The van der Waals surface area contributed by atoms with Gasteiger partial charge >= 0.3 is 5.97 Å². The minimum Gasteiger partial charge on any atom is -0.465 e. The first-order valence-electron chi connectivity index (χ1n) is 6.03. The van der Waals surface area contributed by atoms with Crippen LogP contribution in [-0.2, 0) is 25.1 Å². The topological polar surface area (TPSA) is 60.4 Å². The smallest absolute Gasteiger partial charge is 0.319 e. The molecule has 1 aromatic carbocycles. The van der Waals surface area contributed by atoms with Gasteiger partial charge in [-0.1, -0.05) is 18.2 Å². The van der Waals surface area contributed by atoms with Crippen LogP contribution in [0.1, 0.15) is 20.8 Å². The molecule has 0 fully saturated rings. The number of rotatable bonds is 6. The number of carbonyl (C=O) groups excluding carboxylic acids is 2. The van der Waals surface area contributed by atoms with Crippen molar-refractivity contribution in [1.29, 1.82) is 0 Å². The zero-order valence-electron chi connectivity index (χ0n) is 11.3. The van der Waals surface area contributed by atoms with Crippen molar-refractivity contribution in [3.63, 3.8) is 0 Å². The molecule has 0 aliphatic rings. The lowest BCUT2D eigenvalue weighted by Crippen LogP contribution is -2.37. The van der Waals surface area contributed by atoms with Gasteiger partial charge in [0.1, 0.15) is 5.41 Å². The first-order chi connectivity index (χ1) is 8.89. The van der Waals surface area contributed by atoms with Gasteiger partial charge in [0.2, 0.25) is 0 Å². The predicted octanol–water partition coefficient (Wildman–Crippen LogP) is 1.95. The number of benzene rings is 1. The summed E-state index contributed by atoms with van der Waals surface area (Å²) in [7, 11) is -1.44. The van der Waals surface area contributed by atoms with Gasteiger partial charge in [-0.3, -0.25) is 13.8 Å². The lowest BCUT2D eigenvalue weighted by molar-refractivity contribution is -0.157. The van der Waals surface area contributed by atoms with Gasteiger partial charge in [0.05, 0.1) is 23.2 Å². The molecule has 0 heterocycles. The van der Waals surface area contributed by atoms with E-state index in [1.807, 2.05) is 6.07 Å². The van der Waals surface area contributed by atoms with Crippen molar-refractivity contribution in [2.45, 2.75) is 25.7 Å². The van der Waals surface area contributed by atoms with Crippen LogP contribution in [0.3, 0.4) is 0 Å². The SMILES string of the molecule is CCOC(=O)C(C)(C)C(=O)CS(=O)c1ccccc1. The zero-order valence-corrected chi connectivity index (χ0v) is 12.2. The van der Waals surface area contributed by atoms with Gasteiger partial charge in [-0.05, 0) is 32.9 Å². The molecule has 1 rings (SSSR count). The van der Waals surface area contributed by atoms with Crippen LogP contribution in [-0.4, -0.2) is 28.3 Å². The summed E-state index contributed by atoms with van der Waals surface area (Å²) in [6, 6.07) is 8.72. The quantitative estimate of drug-likeness (QED) is 0.591. The van der Waals surface area contributed by atoms with Gasteiger partial charge in [-0.15, -0.1) is 0 Å². The molecular formula is C14H18O4S. The van der Waals surface area contributed by atoms with E-state index in [1.54, 1.807) is 31.2 Å². The summed E-state index contributed by atoms with van der Waals surface area (Å²) >= 11 is 0. The second-order valence-corrected chi connectivity index (χ2v) is 6.02. The normalized spacial score (nSPS) is 12.8. The van der Waals surface area contributed by atoms with Crippen LogP contribution >= 0.6 is 0 Å². The van der Waals surface area contributed by atoms with Crippen LogP contribution in [0.15, 0.2) is 35.2 Å². The van der Waals surface area contributed by atoms with E-state index in [9.17, 15) is 13.8 Å². The van der Waals surface area contributed by atoms with E-state index < -0.39 is 22.2 Å². The molecule has 0 aromatic heterocycles. The molecule has 0 amide bonds. The molecule has 1 unspecified atom stereocenters. The standard InChI is InChI=1S/C14H18O4S/c1-4-18-13(16)14(2,3)12(15)10-19(17)11-8-6-5-7-9-11/h5-9H,4,10H2,1-3H3. The van der Waals surface area contributed by atoms with E-state index >= 15 is 0 Å². The number of esters is 1. The number of hydrogen-bond donors (Lipinski definition) is 0. The Morgan fingerprint density at radius 1 is 1.21 bits per heavy atom. The second-order valence-electron chi connectivity index (χ2n) is 4.57. The van der Waals surface area contributed by atoms with Gasteiger partial charge in [-0.25, -0.2) is 0 Å². The van der Waals surface area contributed by atoms with Crippen molar-refractivity contribution >= 4 is 22.6 Å². The van der Waals surface area contributed by atoms with Crippen molar-refractivity contribution in [3.05, 3.63) is 30.3 Å². The molecule has 0 radical (unpaired) electrons. The van der Waals surface area contributed by atoms with Crippen LogP contribution in [0.2, 0.25) is 0 Å². The molecule has 0 N–H and O–H groups in total. The molecule has 19 heavy (non-hydrogen) atoms. The van der Waals surface area contributed by atoms with E-state index in [4.69, 9.17) is 4.74 Å². The van der Waals surface area contributed by atoms with Gasteiger partial charge in [0, 0.05) is 4.90 Å². The monoisotopic (exact) mass is 282 g/mol. The van der Waals surface area contributed by atoms with Crippen molar-refractivity contribution in [2.75, 3.05) is 12.4 Å². The van der Waals surface area contributed by atoms with Crippen molar-refractivity contribution < 1.29 is 18.5 Å². The van der Waals surface area contributed by atoms with Crippen LogP contribution in [0, 0.1) is 5.41 Å². The first-order valence-corrected chi connectivity index (χ1v) is 7.35. The lowest BCUT2D eigenvalue weighted by Gasteiger charge is -2.20. The van der Waals surface area contributed by atoms with E-state index in [0.29, 0.717) is 4.90 Å².